The van der Waals surface area contributed by atoms with Crippen LogP contribution in [0.1, 0.15) is 19.8 Å². The van der Waals surface area contributed by atoms with Crippen molar-refractivity contribution in [1.82, 2.24) is 0 Å². The van der Waals surface area contributed by atoms with Crippen LogP contribution in [0.15, 0.2) is 30.3 Å². The summed E-state index contributed by atoms with van der Waals surface area (Å²) in [4.78, 5) is 39.2. The summed E-state index contributed by atoms with van der Waals surface area (Å²) in [5.74, 6) is -0.394. The lowest BCUT2D eigenvalue weighted by atomic mass is 10.1. The van der Waals surface area contributed by atoms with E-state index < -0.39 is 16.8 Å². The van der Waals surface area contributed by atoms with Gasteiger partial charge in [0, 0.05) is 38.7 Å². The molecule has 0 bridgehead atoms. The van der Waals surface area contributed by atoms with E-state index in [0.717, 1.165) is 16.3 Å². The summed E-state index contributed by atoms with van der Waals surface area (Å²) < 4.78 is 20.2. The van der Waals surface area contributed by atoms with E-state index in [2.05, 4.69) is 4.90 Å². The third-order valence-corrected chi connectivity index (χ3v) is 6.72. The minimum atomic E-state index is -0.538. The lowest BCUT2D eigenvalue weighted by Crippen LogP contribution is -2.46. The maximum atomic E-state index is 14.9. The number of nitro groups is 1. The number of ether oxygens (including phenoxy) is 1. The van der Waals surface area contributed by atoms with Gasteiger partial charge in [0.1, 0.15) is 17.7 Å². The van der Waals surface area contributed by atoms with Gasteiger partial charge in [0.15, 0.2) is 0 Å². The molecule has 0 unspecified atom stereocenters. The van der Waals surface area contributed by atoms with Gasteiger partial charge in [-0.2, -0.15) is 0 Å². The van der Waals surface area contributed by atoms with Crippen molar-refractivity contribution in [3.63, 3.8) is 0 Å². The van der Waals surface area contributed by atoms with Gasteiger partial charge in [-0.1, -0.05) is 0 Å². The van der Waals surface area contributed by atoms with E-state index in [1.807, 2.05) is 4.90 Å². The number of halogens is 1. The molecule has 2 aliphatic rings. The average molecular weight is 463 g/mol. The molecule has 2 fully saturated rings. The van der Waals surface area contributed by atoms with Gasteiger partial charge in [0.25, 0.3) is 0 Å². The van der Waals surface area contributed by atoms with Crippen molar-refractivity contribution in [2.45, 2.75) is 25.9 Å². The summed E-state index contributed by atoms with van der Waals surface area (Å²) >= 11 is 1.14. The van der Waals surface area contributed by atoms with Crippen molar-refractivity contribution >= 4 is 44.6 Å². The zero-order valence-corrected chi connectivity index (χ0v) is 18.3. The molecule has 2 saturated heterocycles. The van der Waals surface area contributed by atoms with Crippen LogP contribution in [0.3, 0.4) is 0 Å². The normalized spacial score (nSPS) is 18.8. The second kappa shape index (κ2) is 9.11. The van der Waals surface area contributed by atoms with Crippen molar-refractivity contribution in [3.05, 3.63) is 46.3 Å². The Morgan fingerprint density at radius 3 is 2.56 bits per heavy atom. The largest absolute Gasteiger partial charge is 0.444 e. The molecule has 11 heteroatoms. The summed E-state index contributed by atoms with van der Waals surface area (Å²) in [7, 11) is 0. The number of piperazine rings is 1. The molecule has 2 aromatic rings. The van der Waals surface area contributed by atoms with Gasteiger partial charge in [-0.15, -0.1) is 0 Å². The molecule has 0 aliphatic carbocycles. The smallest absolute Gasteiger partial charge is 0.414 e. The minimum absolute atomic E-state index is 0.0345. The molecule has 0 N–H and O–H groups in total. The van der Waals surface area contributed by atoms with E-state index >= 15 is 0 Å². The second-order valence-electron chi connectivity index (χ2n) is 7.84. The van der Waals surface area contributed by atoms with Crippen LogP contribution >= 0.6 is 11.3 Å². The first kappa shape index (κ1) is 22.0. The van der Waals surface area contributed by atoms with Gasteiger partial charge in [-0.05, 0) is 48.9 Å². The van der Waals surface area contributed by atoms with E-state index in [1.54, 1.807) is 18.2 Å². The number of hydrogen-bond donors (Lipinski definition) is 0. The number of hydrogen-bond acceptors (Lipinski definition) is 8. The Labute approximate surface area is 188 Å². The molecule has 2 aliphatic heterocycles. The van der Waals surface area contributed by atoms with E-state index in [0.29, 0.717) is 50.4 Å². The van der Waals surface area contributed by atoms with Crippen LogP contribution < -0.4 is 14.7 Å². The fourth-order valence-electron chi connectivity index (χ4n) is 3.92. The number of carbonyl (C=O) groups is 2. The van der Waals surface area contributed by atoms with Gasteiger partial charge in [-0.3, -0.25) is 15.0 Å². The van der Waals surface area contributed by atoms with Gasteiger partial charge < -0.3 is 19.3 Å². The number of anilines is 3. The van der Waals surface area contributed by atoms with Crippen LogP contribution in [-0.4, -0.2) is 55.6 Å². The maximum Gasteiger partial charge on any atom is 0.414 e. The molecule has 4 rings (SSSR count). The fraction of sp³-hybridized carbons (Fsp3) is 0.429. The first-order chi connectivity index (χ1) is 15.3. The van der Waals surface area contributed by atoms with Crippen molar-refractivity contribution in [3.8, 4) is 0 Å². The first-order valence-electron chi connectivity index (χ1n) is 10.3. The number of thiophene rings is 1. The number of carbonyl (C=O) groups excluding carboxylic acids is 2. The van der Waals surface area contributed by atoms with E-state index in [1.165, 1.54) is 24.0 Å². The second-order valence-corrected chi connectivity index (χ2v) is 8.88. The molecule has 1 atom stereocenters. The highest BCUT2D eigenvalue weighted by Gasteiger charge is 2.33. The van der Waals surface area contributed by atoms with Crippen LogP contribution in [-0.2, 0) is 9.53 Å². The third-order valence-electron chi connectivity index (χ3n) is 5.62. The number of benzene rings is 1. The molecule has 32 heavy (non-hydrogen) atoms. The molecule has 0 spiro atoms. The molecule has 1 amide bonds. The monoisotopic (exact) mass is 462 g/mol. The standard InChI is InChI=1S/C21H23FN4O5S/c1-14(27)2-4-16-13-25(21(28)31-16)15-3-5-18(17(22)12-15)23-8-10-24(11-9-23)19-6-7-20(32-19)26(29)30/h3,5-7,12,16H,2,4,8-11,13H2,1H3/t16-/m0/s1. The zero-order valence-electron chi connectivity index (χ0n) is 17.5. The number of cyclic esters (lactones) is 1. The summed E-state index contributed by atoms with van der Waals surface area (Å²) in [6, 6.07) is 7.93. The number of Topliss-reactive ketones (excluding diaryl/α,β-unsaturated/α-hetero) is 1. The molecule has 0 radical (unpaired) electrons. The predicted octanol–water partition coefficient (Wildman–Crippen LogP) is 3.82. The molecule has 0 saturated carbocycles. The van der Waals surface area contributed by atoms with Crippen LogP contribution in [0, 0.1) is 15.9 Å². The molecular weight excluding hydrogens is 439 g/mol. The number of nitrogens with zero attached hydrogens (tertiary/aromatic N) is 4. The zero-order chi connectivity index (χ0) is 22.8. The average Bonchev–Trinajstić information content (AvgIpc) is 3.39. The quantitative estimate of drug-likeness (QED) is 0.456. The van der Waals surface area contributed by atoms with E-state index in [4.69, 9.17) is 4.74 Å². The Kier molecular flexibility index (Phi) is 6.26. The molecule has 9 nitrogen and oxygen atoms in total. The predicted molar refractivity (Wildman–Crippen MR) is 119 cm³/mol. The van der Waals surface area contributed by atoms with E-state index in [-0.39, 0.29) is 23.4 Å². The third kappa shape index (κ3) is 4.67. The number of rotatable bonds is 7. The van der Waals surface area contributed by atoms with E-state index in [9.17, 15) is 24.1 Å². The molecule has 1 aromatic heterocycles. The van der Waals surface area contributed by atoms with Gasteiger partial charge in [0.2, 0.25) is 0 Å². The SMILES string of the molecule is CC(=O)CC[C@H]1CN(c2ccc(N3CCN(c4ccc([N+](=O)[O-])s4)CC3)c(F)c2)C(=O)O1. The first-order valence-corrected chi connectivity index (χ1v) is 11.1. The molecular formula is C21H23FN4O5S. The number of amides is 1. The molecule has 3 heterocycles. The Hall–Kier alpha value is -3.21. The van der Waals surface area contributed by atoms with Crippen LogP contribution in [0.25, 0.3) is 0 Å². The van der Waals surface area contributed by atoms with Crippen LogP contribution in [0.2, 0.25) is 0 Å². The minimum Gasteiger partial charge on any atom is -0.444 e. The Balaban J connectivity index is 1.38. The maximum absolute atomic E-state index is 14.9. The lowest BCUT2D eigenvalue weighted by Gasteiger charge is -2.36. The van der Waals surface area contributed by atoms with Crippen molar-refractivity contribution < 1.29 is 23.6 Å². The van der Waals surface area contributed by atoms with Gasteiger partial charge >= 0.3 is 11.1 Å². The highest BCUT2D eigenvalue weighted by molar-refractivity contribution is 7.19. The van der Waals surface area contributed by atoms with Gasteiger partial charge in [-0.25, -0.2) is 9.18 Å². The highest BCUT2D eigenvalue weighted by Crippen LogP contribution is 2.33. The Bertz CT molecular complexity index is 1040. The summed E-state index contributed by atoms with van der Waals surface area (Å²) in [6.07, 6.45) is -0.126. The van der Waals surface area contributed by atoms with Crippen LogP contribution in [0.5, 0.6) is 0 Å². The summed E-state index contributed by atoms with van der Waals surface area (Å²) in [5.41, 5.74) is 0.873. The Morgan fingerprint density at radius 2 is 1.94 bits per heavy atom. The fourth-order valence-corrected chi connectivity index (χ4v) is 4.79. The lowest BCUT2D eigenvalue weighted by molar-refractivity contribution is -0.380. The molecule has 1 aromatic carbocycles. The molecule has 170 valence electrons. The van der Waals surface area contributed by atoms with Crippen LogP contribution in [0.4, 0.5) is 30.6 Å². The van der Waals surface area contributed by atoms with Gasteiger partial charge in [0.05, 0.1) is 27.8 Å². The topological polar surface area (TPSA) is 96.2 Å². The van der Waals surface area contributed by atoms with Crippen molar-refractivity contribution in [2.24, 2.45) is 0 Å². The summed E-state index contributed by atoms with van der Waals surface area (Å²) in [5, 5.41) is 11.8. The van der Waals surface area contributed by atoms with Crippen molar-refractivity contribution in [2.75, 3.05) is 47.4 Å². The highest BCUT2D eigenvalue weighted by atomic mass is 32.1. The summed E-state index contributed by atoms with van der Waals surface area (Å²) in [6.45, 7) is 4.16. The number of ketones is 1. The van der Waals surface area contributed by atoms with Crippen molar-refractivity contribution in [1.29, 1.82) is 0 Å². The Morgan fingerprint density at radius 1 is 1.22 bits per heavy atom.